The Morgan fingerprint density at radius 3 is 2.46 bits per heavy atom. The standard InChI is InChI=1S/C21H29ClN4O2/c1-6-12-25(20(28)7-2)14-19(27)23-18-13-17(21(3,4)5)24-26(18)16-11-9-8-10-15(16)22/h8-11,13H,6-7,12,14H2,1-5H3,(H,23,27). The Morgan fingerprint density at radius 1 is 1.21 bits per heavy atom. The zero-order chi connectivity index (χ0) is 20.9. The van der Waals surface area contributed by atoms with Crippen molar-refractivity contribution in [3.8, 4) is 5.69 Å². The van der Waals surface area contributed by atoms with Crippen LogP contribution in [0.5, 0.6) is 0 Å². The normalized spacial score (nSPS) is 11.4. The first kappa shape index (κ1) is 22.0. The second kappa shape index (κ2) is 9.24. The third-order valence-corrected chi connectivity index (χ3v) is 4.63. The lowest BCUT2D eigenvalue weighted by atomic mass is 9.92. The lowest BCUT2D eigenvalue weighted by Crippen LogP contribution is -2.38. The summed E-state index contributed by atoms with van der Waals surface area (Å²) in [6, 6.07) is 9.20. The number of benzene rings is 1. The van der Waals surface area contributed by atoms with Crippen molar-refractivity contribution >= 4 is 29.2 Å². The first-order valence-corrected chi connectivity index (χ1v) is 9.98. The van der Waals surface area contributed by atoms with Crippen LogP contribution in [0.4, 0.5) is 5.82 Å². The topological polar surface area (TPSA) is 67.2 Å². The number of aromatic nitrogens is 2. The van der Waals surface area contributed by atoms with E-state index in [0.717, 1.165) is 12.1 Å². The highest BCUT2D eigenvalue weighted by molar-refractivity contribution is 6.32. The van der Waals surface area contributed by atoms with Gasteiger partial charge in [-0.25, -0.2) is 4.68 Å². The zero-order valence-electron chi connectivity index (χ0n) is 17.3. The number of carbonyl (C=O) groups is 2. The zero-order valence-corrected chi connectivity index (χ0v) is 18.0. The number of nitrogens with zero attached hydrogens (tertiary/aromatic N) is 3. The molecule has 28 heavy (non-hydrogen) atoms. The number of amides is 2. The van der Waals surface area contributed by atoms with Crippen molar-refractivity contribution in [2.75, 3.05) is 18.4 Å². The minimum absolute atomic E-state index is 0.0130. The molecule has 1 heterocycles. The van der Waals surface area contributed by atoms with Crippen molar-refractivity contribution in [3.63, 3.8) is 0 Å². The van der Waals surface area contributed by atoms with Gasteiger partial charge in [0, 0.05) is 24.4 Å². The summed E-state index contributed by atoms with van der Waals surface area (Å²) in [7, 11) is 0. The van der Waals surface area contributed by atoms with E-state index in [1.807, 2.05) is 31.2 Å². The summed E-state index contributed by atoms with van der Waals surface area (Å²) in [4.78, 5) is 26.3. The van der Waals surface area contributed by atoms with Gasteiger partial charge in [-0.2, -0.15) is 5.10 Å². The SMILES string of the molecule is CCCN(CC(=O)Nc1cc(C(C)(C)C)nn1-c1ccccc1Cl)C(=O)CC. The van der Waals surface area contributed by atoms with Gasteiger partial charge in [-0.15, -0.1) is 0 Å². The molecular weight excluding hydrogens is 376 g/mol. The maximum atomic E-state index is 12.7. The average molecular weight is 405 g/mol. The van der Waals surface area contributed by atoms with Crippen LogP contribution in [-0.4, -0.2) is 39.6 Å². The van der Waals surface area contributed by atoms with Crippen LogP contribution >= 0.6 is 11.6 Å². The smallest absolute Gasteiger partial charge is 0.245 e. The molecule has 2 aromatic rings. The Morgan fingerprint density at radius 2 is 1.89 bits per heavy atom. The number of carbonyl (C=O) groups excluding carboxylic acids is 2. The van der Waals surface area contributed by atoms with Crippen LogP contribution in [-0.2, 0) is 15.0 Å². The minimum Gasteiger partial charge on any atom is -0.333 e. The summed E-state index contributed by atoms with van der Waals surface area (Å²) >= 11 is 6.35. The Labute approximate surface area is 171 Å². The number of halogens is 1. The molecule has 0 aliphatic carbocycles. The molecule has 0 aliphatic heterocycles. The van der Waals surface area contributed by atoms with Crippen LogP contribution in [0.3, 0.4) is 0 Å². The molecule has 0 aliphatic rings. The molecule has 1 aromatic carbocycles. The number of nitrogens with one attached hydrogen (secondary N) is 1. The van der Waals surface area contributed by atoms with E-state index in [4.69, 9.17) is 11.6 Å². The first-order chi connectivity index (χ1) is 13.2. The van der Waals surface area contributed by atoms with E-state index >= 15 is 0 Å². The number of hydrogen-bond acceptors (Lipinski definition) is 3. The second-order valence-electron chi connectivity index (χ2n) is 7.75. The molecule has 7 heteroatoms. The van der Waals surface area contributed by atoms with Gasteiger partial charge in [0.05, 0.1) is 22.9 Å². The van der Waals surface area contributed by atoms with E-state index in [0.29, 0.717) is 29.5 Å². The Bertz CT molecular complexity index is 839. The highest BCUT2D eigenvalue weighted by Crippen LogP contribution is 2.29. The van der Waals surface area contributed by atoms with Crippen molar-refractivity contribution in [1.82, 2.24) is 14.7 Å². The highest BCUT2D eigenvalue weighted by Gasteiger charge is 2.23. The Kier molecular flexibility index (Phi) is 7.24. The predicted octanol–water partition coefficient (Wildman–Crippen LogP) is 4.41. The number of rotatable bonds is 7. The van der Waals surface area contributed by atoms with Gasteiger partial charge in [0.1, 0.15) is 5.82 Å². The van der Waals surface area contributed by atoms with Crippen molar-refractivity contribution in [2.45, 2.75) is 52.9 Å². The molecule has 0 radical (unpaired) electrons. The summed E-state index contributed by atoms with van der Waals surface area (Å²) in [6.07, 6.45) is 1.17. The molecule has 0 fully saturated rings. The van der Waals surface area contributed by atoms with Gasteiger partial charge in [0.25, 0.3) is 0 Å². The van der Waals surface area contributed by atoms with E-state index in [9.17, 15) is 9.59 Å². The quantitative estimate of drug-likeness (QED) is 0.743. The van der Waals surface area contributed by atoms with Gasteiger partial charge in [-0.3, -0.25) is 9.59 Å². The van der Waals surface area contributed by atoms with Crippen LogP contribution in [0, 0.1) is 0 Å². The molecular formula is C21H29ClN4O2. The summed E-state index contributed by atoms with van der Waals surface area (Å²) in [5, 5.41) is 8.11. The van der Waals surface area contributed by atoms with Crippen LogP contribution in [0.2, 0.25) is 5.02 Å². The molecule has 0 atom stereocenters. The predicted molar refractivity (Wildman–Crippen MR) is 113 cm³/mol. The molecule has 1 N–H and O–H groups in total. The maximum Gasteiger partial charge on any atom is 0.245 e. The number of hydrogen-bond donors (Lipinski definition) is 1. The largest absolute Gasteiger partial charge is 0.333 e. The van der Waals surface area contributed by atoms with Crippen LogP contribution in [0.1, 0.15) is 53.2 Å². The average Bonchev–Trinajstić information content (AvgIpc) is 3.05. The fraction of sp³-hybridized carbons (Fsp3) is 0.476. The van der Waals surface area contributed by atoms with Crippen molar-refractivity contribution in [2.24, 2.45) is 0 Å². The summed E-state index contributed by atoms with van der Waals surface area (Å²) in [5.74, 6) is 0.235. The van der Waals surface area contributed by atoms with Gasteiger partial charge in [0.2, 0.25) is 11.8 Å². The van der Waals surface area contributed by atoms with Gasteiger partial charge in [-0.1, -0.05) is 58.4 Å². The fourth-order valence-corrected chi connectivity index (χ4v) is 3.00. The van der Waals surface area contributed by atoms with E-state index < -0.39 is 0 Å². The van der Waals surface area contributed by atoms with E-state index in [-0.39, 0.29) is 23.8 Å². The molecule has 0 bridgehead atoms. The molecule has 1 aromatic heterocycles. The third-order valence-electron chi connectivity index (χ3n) is 4.31. The first-order valence-electron chi connectivity index (χ1n) is 9.60. The van der Waals surface area contributed by atoms with Crippen molar-refractivity contribution < 1.29 is 9.59 Å². The molecule has 0 spiro atoms. The van der Waals surface area contributed by atoms with E-state index in [1.54, 1.807) is 22.6 Å². The maximum absolute atomic E-state index is 12.7. The molecule has 0 saturated carbocycles. The Balaban J connectivity index is 2.33. The van der Waals surface area contributed by atoms with Gasteiger partial charge >= 0.3 is 0 Å². The van der Waals surface area contributed by atoms with Gasteiger partial charge in [0.15, 0.2) is 0 Å². The summed E-state index contributed by atoms with van der Waals surface area (Å²) < 4.78 is 1.65. The second-order valence-corrected chi connectivity index (χ2v) is 8.15. The van der Waals surface area contributed by atoms with Crippen molar-refractivity contribution in [3.05, 3.63) is 41.0 Å². The van der Waals surface area contributed by atoms with Crippen LogP contribution in [0.25, 0.3) is 5.69 Å². The van der Waals surface area contributed by atoms with Crippen LogP contribution < -0.4 is 5.32 Å². The lowest BCUT2D eigenvalue weighted by Gasteiger charge is -2.21. The lowest BCUT2D eigenvalue weighted by molar-refractivity contribution is -0.134. The van der Waals surface area contributed by atoms with Crippen molar-refractivity contribution in [1.29, 1.82) is 0 Å². The van der Waals surface area contributed by atoms with Gasteiger partial charge in [-0.05, 0) is 18.6 Å². The molecule has 0 saturated heterocycles. The Hall–Kier alpha value is -2.34. The van der Waals surface area contributed by atoms with Crippen LogP contribution in [0.15, 0.2) is 30.3 Å². The molecule has 2 rings (SSSR count). The molecule has 6 nitrogen and oxygen atoms in total. The summed E-state index contributed by atoms with van der Waals surface area (Å²) in [5.41, 5.74) is 1.32. The third kappa shape index (κ3) is 5.35. The van der Waals surface area contributed by atoms with E-state index in [2.05, 4.69) is 31.2 Å². The van der Waals surface area contributed by atoms with E-state index in [1.165, 1.54) is 0 Å². The minimum atomic E-state index is -0.260. The number of anilines is 1. The fourth-order valence-electron chi connectivity index (χ4n) is 2.78. The molecule has 0 unspecified atom stereocenters. The summed E-state index contributed by atoms with van der Waals surface area (Å²) in [6.45, 7) is 10.5. The van der Waals surface area contributed by atoms with Gasteiger partial charge < -0.3 is 10.2 Å². The number of para-hydroxylation sites is 1. The monoisotopic (exact) mass is 404 g/mol. The molecule has 2 amide bonds. The molecule has 152 valence electrons. The highest BCUT2D eigenvalue weighted by atomic mass is 35.5.